The summed E-state index contributed by atoms with van der Waals surface area (Å²) in [6, 6.07) is 0. The Kier molecular flexibility index (Phi) is 13.8. The van der Waals surface area contributed by atoms with Gasteiger partial charge in [0.25, 0.3) is 5.09 Å². The second-order valence-electron chi connectivity index (χ2n) is 0.616. The Balaban J connectivity index is -0.0000000910. The van der Waals surface area contributed by atoms with Crippen LogP contribution in [0.15, 0.2) is 0 Å². The summed E-state index contributed by atoms with van der Waals surface area (Å²) >= 11 is 0. The molecule has 0 aromatic heterocycles. The molecule has 0 aromatic carbocycles. The van der Waals surface area contributed by atoms with E-state index in [1.807, 2.05) is 0 Å². The molecule has 56 valence electrons. The van der Waals surface area contributed by atoms with Gasteiger partial charge < -0.3 is 5.21 Å². The van der Waals surface area contributed by atoms with Gasteiger partial charge in [0.15, 0.2) is 0 Å². The molecule has 0 unspecified atom stereocenters. The molecule has 0 atom stereocenters. The molecule has 0 aliphatic rings. The Hall–Kier alpha value is 0.966. The fourth-order valence-electron chi connectivity index (χ4n) is 0. The minimum atomic E-state index is -4.94. The van der Waals surface area contributed by atoms with Crippen molar-refractivity contribution in [2.24, 2.45) is 0 Å². The zero-order valence-corrected chi connectivity index (χ0v) is 8.60. The van der Waals surface area contributed by atoms with Gasteiger partial charge in [0.05, 0.1) is 0 Å². The Labute approximate surface area is 99.3 Å². The van der Waals surface area contributed by atoms with E-state index in [-0.39, 0.29) is 51.4 Å². The fraction of sp³-hybridized carbons (Fsp3) is 0. The number of nitrogens with zero attached hydrogens (tertiary/aromatic N) is 1. The normalized spacial score (nSPS) is 8.40. The van der Waals surface area contributed by atoms with Crippen LogP contribution in [0.4, 0.5) is 0 Å². The molecule has 8 nitrogen and oxygen atoms in total. The molecule has 0 saturated heterocycles. The van der Waals surface area contributed by atoms with Gasteiger partial charge in [0.2, 0.25) is 0 Å². The number of hydrogen-bond acceptors (Lipinski definition) is 6. The Morgan fingerprint density at radius 3 is 1.20 bits per heavy atom. The summed E-state index contributed by atoms with van der Waals surface area (Å²) < 4.78 is 34.0. The predicted molar refractivity (Wildman–Crippen MR) is 8.78 cm³/mol. The van der Waals surface area contributed by atoms with Gasteiger partial charge in [0.1, 0.15) is 0 Å². The van der Waals surface area contributed by atoms with Crippen molar-refractivity contribution in [2.45, 2.75) is 0 Å². The number of halogens is 1. The monoisotopic (exact) mass is 201 g/mol. The van der Waals surface area contributed by atoms with Crippen molar-refractivity contribution in [3.63, 3.8) is 0 Å². The van der Waals surface area contributed by atoms with Crippen molar-refractivity contribution in [1.82, 2.24) is 0 Å². The summed E-state index contributed by atoms with van der Waals surface area (Å²) in [4.78, 5) is 8.36. The average molecular weight is 202 g/mol. The molecule has 0 aliphatic carbocycles. The van der Waals surface area contributed by atoms with Gasteiger partial charge in [0, 0.05) is 0 Å². The largest absolute Gasteiger partial charge is 1.00 e. The standard InChI is InChI=1S/ClHO4.K.HNO3/c2-1(3,4)5;;2-1(3)4/h(H,2,3,4,5);;(H,2,3,4)/q;+1;/p-1. The Morgan fingerprint density at radius 1 is 1.20 bits per heavy atom. The molecular weight excluding hydrogens is 201 g/mol. The maximum atomic E-state index is 8.49. The van der Waals surface area contributed by atoms with E-state index >= 15 is 0 Å². The topological polar surface area (TPSA) is 156 Å². The first-order chi connectivity index (χ1) is 3.73. The van der Waals surface area contributed by atoms with Gasteiger partial charge >= 0.3 is 51.4 Å². The SMILES string of the molecule is O=[N+]([O-])O.[K+].[O-][Cl+3]([O-])([O-])[O-]. The van der Waals surface area contributed by atoms with Crippen molar-refractivity contribution < 1.29 is 90.6 Å². The molecule has 10 heteroatoms. The molecule has 0 fully saturated rings. The summed E-state index contributed by atoms with van der Waals surface area (Å²) in [6.07, 6.45) is 0. The maximum absolute atomic E-state index is 8.49. The molecule has 0 amide bonds. The van der Waals surface area contributed by atoms with E-state index < -0.39 is 15.3 Å². The second kappa shape index (κ2) is 8.07. The predicted octanol–water partition coefficient (Wildman–Crippen LogP) is -8.10. The third-order valence-corrected chi connectivity index (χ3v) is 0. The Bertz CT molecular complexity index is 76.1. The van der Waals surface area contributed by atoms with Crippen LogP contribution in [0.2, 0.25) is 0 Å². The van der Waals surface area contributed by atoms with Gasteiger partial charge in [-0.1, -0.05) is 0 Å². The minimum absolute atomic E-state index is 0. The zero-order valence-electron chi connectivity index (χ0n) is 4.72. The van der Waals surface area contributed by atoms with Crippen LogP contribution < -0.4 is 70.0 Å². The molecule has 0 spiro atoms. The van der Waals surface area contributed by atoms with Crippen LogP contribution in [-0.4, -0.2) is 10.3 Å². The van der Waals surface area contributed by atoms with Gasteiger partial charge in [-0.15, -0.1) is 20.4 Å². The van der Waals surface area contributed by atoms with Crippen molar-refractivity contribution in [3.05, 3.63) is 10.1 Å². The molecule has 0 aromatic rings. The summed E-state index contributed by atoms with van der Waals surface area (Å²) in [6.45, 7) is 0. The zero-order chi connectivity index (χ0) is 8.08. The maximum Gasteiger partial charge on any atom is 1.00 e. The minimum Gasteiger partial charge on any atom is -0.328 e. The van der Waals surface area contributed by atoms with E-state index in [4.69, 9.17) is 34.0 Å². The van der Waals surface area contributed by atoms with Crippen molar-refractivity contribution in [1.29, 1.82) is 0 Å². The molecule has 0 heterocycles. The van der Waals surface area contributed by atoms with E-state index in [0.29, 0.717) is 0 Å². The molecule has 0 bridgehead atoms. The van der Waals surface area contributed by atoms with Crippen molar-refractivity contribution in [3.8, 4) is 0 Å². The van der Waals surface area contributed by atoms with Crippen LogP contribution in [-0.2, 0) is 0 Å². The third-order valence-electron chi connectivity index (χ3n) is 0. The van der Waals surface area contributed by atoms with Crippen LogP contribution >= 0.6 is 0 Å². The molecule has 0 rings (SSSR count). The van der Waals surface area contributed by atoms with E-state index in [2.05, 4.69) is 0 Å². The first-order valence-corrected chi connectivity index (χ1v) is 2.42. The van der Waals surface area contributed by atoms with Gasteiger partial charge in [-0.3, -0.25) is 0 Å². The van der Waals surface area contributed by atoms with Crippen LogP contribution in [0.5, 0.6) is 0 Å². The molecular formula is HClKNO7. The first kappa shape index (κ1) is 17.2. The average Bonchev–Trinajstić information content (AvgIpc) is 1.19. The smallest absolute Gasteiger partial charge is 0.328 e. The van der Waals surface area contributed by atoms with E-state index in [0.717, 1.165) is 0 Å². The van der Waals surface area contributed by atoms with Gasteiger partial charge in [-0.25, -0.2) is 18.6 Å². The molecule has 10 heavy (non-hydrogen) atoms. The summed E-state index contributed by atoms with van der Waals surface area (Å²) in [7, 11) is -4.94. The van der Waals surface area contributed by atoms with Crippen LogP contribution in [0.25, 0.3) is 0 Å². The first-order valence-electron chi connectivity index (χ1n) is 1.18. The third kappa shape index (κ3) is 609. The second-order valence-corrected chi connectivity index (χ2v) is 1.37. The van der Waals surface area contributed by atoms with E-state index in [9.17, 15) is 0 Å². The quantitative estimate of drug-likeness (QED) is 0.232. The molecule has 0 saturated carbocycles. The summed E-state index contributed by atoms with van der Waals surface area (Å²) in [5, 5.41) is 13.6. The fourth-order valence-corrected chi connectivity index (χ4v) is 0. The van der Waals surface area contributed by atoms with Crippen LogP contribution in [0, 0.1) is 20.4 Å². The van der Waals surface area contributed by atoms with Crippen LogP contribution in [0.3, 0.4) is 0 Å². The number of rotatable bonds is 0. The van der Waals surface area contributed by atoms with Crippen molar-refractivity contribution in [2.75, 3.05) is 0 Å². The molecule has 0 aliphatic heterocycles. The van der Waals surface area contributed by atoms with Gasteiger partial charge in [-0.05, 0) is 0 Å². The van der Waals surface area contributed by atoms with Crippen molar-refractivity contribution >= 4 is 0 Å². The van der Waals surface area contributed by atoms with Gasteiger partial charge in [-0.2, -0.15) is 0 Å². The van der Waals surface area contributed by atoms with E-state index in [1.54, 1.807) is 0 Å². The Morgan fingerprint density at radius 2 is 1.20 bits per heavy atom. The number of hydrogen-bond donors (Lipinski definition) is 1. The van der Waals surface area contributed by atoms with E-state index in [1.165, 1.54) is 0 Å². The van der Waals surface area contributed by atoms with Crippen LogP contribution in [0.1, 0.15) is 0 Å². The molecule has 0 radical (unpaired) electrons. The molecule has 1 N–H and O–H groups in total. The summed E-state index contributed by atoms with van der Waals surface area (Å²) in [5.74, 6) is 0. The summed E-state index contributed by atoms with van der Waals surface area (Å²) in [5.41, 5.74) is 0.